The molecule has 21 heavy (non-hydrogen) atoms. The Morgan fingerprint density at radius 1 is 1.24 bits per heavy atom. The number of methoxy groups -OCH3 is 1. The van der Waals surface area contributed by atoms with E-state index in [4.69, 9.17) is 0 Å². The van der Waals surface area contributed by atoms with Gasteiger partial charge in [0.25, 0.3) is 0 Å². The van der Waals surface area contributed by atoms with E-state index in [1.54, 1.807) is 0 Å². The van der Waals surface area contributed by atoms with Gasteiger partial charge in [0, 0.05) is 12.6 Å². The first-order valence-electron chi connectivity index (χ1n) is 6.42. The third-order valence-corrected chi connectivity index (χ3v) is 5.26. The summed E-state index contributed by atoms with van der Waals surface area (Å²) in [6.45, 7) is 0.111. The molecule has 0 saturated carbocycles. The van der Waals surface area contributed by atoms with E-state index in [2.05, 4.69) is 4.74 Å². The van der Waals surface area contributed by atoms with Gasteiger partial charge in [-0.1, -0.05) is 0 Å². The molecule has 1 heterocycles. The smallest absolute Gasteiger partial charge is 0.324 e. The predicted molar refractivity (Wildman–Crippen MR) is 69.9 cm³/mol. The number of halogens is 2. The van der Waals surface area contributed by atoms with Crippen LogP contribution in [0.1, 0.15) is 19.3 Å². The van der Waals surface area contributed by atoms with E-state index in [1.807, 2.05) is 0 Å². The van der Waals surface area contributed by atoms with Crippen molar-refractivity contribution in [1.29, 1.82) is 0 Å². The molecule has 1 saturated heterocycles. The maximum atomic E-state index is 13.2. The van der Waals surface area contributed by atoms with Gasteiger partial charge in [-0.3, -0.25) is 4.79 Å². The Hall–Kier alpha value is -1.54. The number of rotatable bonds is 3. The summed E-state index contributed by atoms with van der Waals surface area (Å²) in [6, 6.07) is 1.11. The van der Waals surface area contributed by atoms with Gasteiger partial charge in [-0.05, 0) is 31.4 Å². The van der Waals surface area contributed by atoms with Crippen LogP contribution in [0.3, 0.4) is 0 Å². The molecule has 8 heteroatoms. The fraction of sp³-hybridized carbons (Fsp3) is 0.462. The molecule has 1 fully saturated rings. The Bertz CT molecular complexity index is 627. The third kappa shape index (κ3) is 3.21. The fourth-order valence-electron chi connectivity index (χ4n) is 2.38. The molecular formula is C13H15F2NO4S. The van der Waals surface area contributed by atoms with Crippen molar-refractivity contribution in [3.8, 4) is 0 Å². The van der Waals surface area contributed by atoms with Gasteiger partial charge in [0.15, 0.2) is 0 Å². The second-order valence-electron chi connectivity index (χ2n) is 4.76. The number of ether oxygens (including phenoxy) is 1. The van der Waals surface area contributed by atoms with Gasteiger partial charge in [-0.15, -0.1) is 0 Å². The molecule has 1 atom stereocenters. The number of esters is 1. The minimum absolute atomic E-state index is 0.111. The molecule has 0 radical (unpaired) electrons. The van der Waals surface area contributed by atoms with Gasteiger partial charge in [0.05, 0.1) is 12.0 Å². The first-order valence-corrected chi connectivity index (χ1v) is 7.86. The Morgan fingerprint density at radius 3 is 2.43 bits per heavy atom. The first kappa shape index (κ1) is 15.8. The van der Waals surface area contributed by atoms with Crippen LogP contribution < -0.4 is 0 Å². The number of benzene rings is 1. The van der Waals surface area contributed by atoms with Gasteiger partial charge in [0.1, 0.15) is 17.7 Å². The second kappa shape index (κ2) is 6.07. The fourth-order valence-corrected chi connectivity index (χ4v) is 4.07. The number of sulfonamides is 1. The van der Waals surface area contributed by atoms with Gasteiger partial charge in [0.2, 0.25) is 10.0 Å². The highest BCUT2D eigenvalue weighted by atomic mass is 32.2. The van der Waals surface area contributed by atoms with Crippen molar-refractivity contribution in [2.45, 2.75) is 30.2 Å². The Kier molecular flexibility index (Phi) is 4.58. The summed E-state index contributed by atoms with van der Waals surface area (Å²) in [5, 5.41) is 0. The van der Waals surface area contributed by atoms with Crippen molar-refractivity contribution in [3.05, 3.63) is 29.8 Å². The van der Waals surface area contributed by atoms with Crippen LogP contribution in [0.2, 0.25) is 0 Å². The lowest BCUT2D eigenvalue weighted by atomic mass is 10.1. The zero-order chi connectivity index (χ0) is 15.6. The monoisotopic (exact) mass is 319 g/mol. The van der Waals surface area contributed by atoms with E-state index in [0.29, 0.717) is 25.3 Å². The molecule has 2 rings (SSSR count). The number of hydrogen-bond donors (Lipinski definition) is 0. The molecule has 1 unspecified atom stereocenters. The van der Waals surface area contributed by atoms with Gasteiger partial charge >= 0.3 is 5.97 Å². The average Bonchev–Trinajstić information content (AvgIpc) is 2.45. The molecule has 1 aromatic carbocycles. The largest absolute Gasteiger partial charge is 0.468 e. The molecule has 0 N–H and O–H groups in total. The van der Waals surface area contributed by atoms with Crippen molar-refractivity contribution >= 4 is 16.0 Å². The third-order valence-electron chi connectivity index (χ3n) is 3.37. The summed E-state index contributed by atoms with van der Waals surface area (Å²) in [4.78, 5) is 11.2. The van der Waals surface area contributed by atoms with Gasteiger partial charge < -0.3 is 4.74 Å². The summed E-state index contributed by atoms with van der Waals surface area (Å²) in [6.07, 6.45) is 1.58. The highest BCUT2D eigenvalue weighted by molar-refractivity contribution is 7.89. The quantitative estimate of drug-likeness (QED) is 0.795. The van der Waals surface area contributed by atoms with Crippen molar-refractivity contribution < 1.29 is 26.7 Å². The molecule has 0 spiro atoms. The summed E-state index contributed by atoms with van der Waals surface area (Å²) in [5.74, 6) is -2.64. The van der Waals surface area contributed by atoms with Crippen LogP contribution >= 0.6 is 0 Å². The van der Waals surface area contributed by atoms with E-state index < -0.39 is 38.6 Å². The van der Waals surface area contributed by atoms with E-state index >= 15 is 0 Å². The molecule has 5 nitrogen and oxygen atoms in total. The van der Waals surface area contributed by atoms with E-state index in [0.717, 1.165) is 16.4 Å². The van der Waals surface area contributed by atoms with Gasteiger partial charge in [-0.2, -0.15) is 4.31 Å². The van der Waals surface area contributed by atoms with E-state index in [9.17, 15) is 22.0 Å². The lowest BCUT2D eigenvalue weighted by Gasteiger charge is -2.32. The number of piperidine rings is 1. The highest BCUT2D eigenvalue weighted by Gasteiger charge is 2.38. The zero-order valence-electron chi connectivity index (χ0n) is 11.4. The Balaban J connectivity index is 2.42. The zero-order valence-corrected chi connectivity index (χ0v) is 12.2. The topological polar surface area (TPSA) is 63.7 Å². The molecule has 0 amide bonds. The molecule has 1 aromatic rings. The number of carbonyl (C=O) groups excluding carboxylic acids is 1. The molecule has 0 bridgehead atoms. The summed E-state index contributed by atoms with van der Waals surface area (Å²) >= 11 is 0. The molecular weight excluding hydrogens is 304 g/mol. The van der Waals surface area contributed by atoms with Crippen molar-refractivity contribution in [2.24, 2.45) is 0 Å². The van der Waals surface area contributed by atoms with E-state index in [1.165, 1.54) is 7.11 Å². The van der Waals surface area contributed by atoms with Crippen LogP contribution in [0.25, 0.3) is 0 Å². The normalized spacial score (nSPS) is 20.2. The molecule has 1 aliphatic rings. The summed E-state index contributed by atoms with van der Waals surface area (Å²) in [5.41, 5.74) is 0. The maximum absolute atomic E-state index is 13.2. The predicted octanol–water partition coefficient (Wildman–Crippen LogP) is 1.68. The summed E-state index contributed by atoms with van der Waals surface area (Å²) < 4.78 is 57.0. The van der Waals surface area contributed by atoms with Crippen LogP contribution in [0.15, 0.2) is 23.1 Å². The minimum Gasteiger partial charge on any atom is -0.468 e. The number of nitrogens with zero attached hydrogens (tertiary/aromatic N) is 1. The number of hydrogen-bond acceptors (Lipinski definition) is 4. The molecule has 116 valence electrons. The maximum Gasteiger partial charge on any atom is 0.324 e. The Labute approximate surface area is 121 Å². The van der Waals surface area contributed by atoms with E-state index in [-0.39, 0.29) is 6.54 Å². The lowest BCUT2D eigenvalue weighted by molar-refractivity contribution is -0.146. The minimum atomic E-state index is -4.16. The lowest BCUT2D eigenvalue weighted by Crippen LogP contribution is -2.48. The van der Waals surface area contributed by atoms with Crippen LogP contribution in [0.5, 0.6) is 0 Å². The van der Waals surface area contributed by atoms with Crippen molar-refractivity contribution in [1.82, 2.24) is 4.31 Å². The average molecular weight is 319 g/mol. The molecule has 0 aliphatic carbocycles. The van der Waals surface area contributed by atoms with Crippen molar-refractivity contribution in [2.75, 3.05) is 13.7 Å². The summed E-state index contributed by atoms with van der Waals surface area (Å²) in [7, 11) is -2.99. The molecule has 1 aliphatic heterocycles. The van der Waals surface area contributed by atoms with Crippen LogP contribution in [-0.4, -0.2) is 38.4 Å². The van der Waals surface area contributed by atoms with Crippen molar-refractivity contribution in [3.63, 3.8) is 0 Å². The van der Waals surface area contributed by atoms with Gasteiger partial charge in [-0.25, -0.2) is 17.2 Å². The standard InChI is InChI=1S/C13H15F2NO4S/c1-20-13(17)12-4-2-3-5-16(12)21(18,19)11-7-9(14)6-10(15)8-11/h6-8,12H,2-5H2,1H3. The highest BCUT2D eigenvalue weighted by Crippen LogP contribution is 2.26. The van der Waals surface area contributed by atoms with Crippen LogP contribution in [-0.2, 0) is 19.6 Å². The second-order valence-corrected chi connectivity index (χ2v) is 6.65. The number of carbonyl (C=O) groups is 1. The first-order chi connectivity index (χ1) is 9.86. The SMILES string of the molecule is COC(=O)C1CCCCN1S(=O)(=O)c1cc(F)cc(F)c1. The Morgan fingerprint density at radius 2 is 1.86 bits per heavy atom. The van der Waals surface area contributed by atoms with Crippen LogP contribution in [0, 0.1) is 11.6 Å². The molecule has 0 aromatic heterocycles. The van der Waals surface area contributed by atoms with Crippen LogP contribution in [0.4, 0.5) is 8.78 Å².